The van der Waals surface area contributed by atoms with E-state index in [2.05, 4.69) is 16.9 Å². The van der Waals surface area contributed by atoms with E-state index in [0.29, 0.717) is 0 Å². The second-order valence-electron chi connectivity index (χ2n) is 6.01. The van der Waals surface area contributed by atoms with Gasteiger partial charge in [0, 0.05) is 6.42 Å². The largest absolute Gasteiger partial charge is 0.397 e. The Hall–Kier alpha value is -1.51. The number of para-hydroxylation sites is 1. The van der Waals surface area contributed by atoms with E-state index in [-0.39, 0.29) is 0 Å². The number of fused-ring (bicyclic) bond motifs is 1. The molecule has 0 saturated heterocycles. The molecular formula is C18H29N3. The second kappa shape index (κ2) is 8.71. The number of aromatic amines is 1. The zero-order valence-electron chi connectivity index (χ0n) is 13.3. The molecule has 0 spiro atoms. The summed E-state index contributed by atoms with van der Waals surface area (Å²) in [6.45, 7) is 2.27. The van der Waals surface area contributed by atoms with Crippen molar-refractivity contribution in [2.24, 2.45) is 0 Å². The maximum Gasteiger partial charge on any atom is 0.111 e. The Morgan fingerprint density at radius 3 is 2.29 bits per heavy atom. The van der Waals surface area contributed by atoms with E-state index < -0.39 is 0 Å². The van der Waals surface area contributed by atoms with Gasteiger partial charge in [-0.2, -0.15) is 0 Å². The van der Waals surface area contributed by atoms with E-state index in [1.807, 2.05) is 18.2 Å². The predicted octanol–water partition coefficient (Wildman–Crippen LogP) is 5.22. The summed E-state index contributed by atoms with van der Waals surface area (Å²) in [5.41, 5.74) is 8.67. The summed E-state index contributed by atoms with van der Waals surface area (Å²) >= 11 is 0. The summed E-state index contributed by atoms with van der Waals surface area (Å²) in [7, 11) is 0. The van der Waals surface area contributed by atoms with Crippen molar-refractivity contribution in [2.45, 2.75) is 71.1 Å². The molecule has 1 aromatic carbocycles. The van der Waals surface area contributed by atoms with Gasteiger partial charge in [0.25, 0.3) is 0 Å². The minimum atomic E-state index is 0.766. The second-order valence-corrected chi connectivity index (χ2v) is 6.01. The average Bonchev–Trinajstić information content (AvgIpc) is 2.90. The van der Waals surface area contributed by atoms with Gasteiger partial charge in [0.1, 0.15) is 11.3 Å². The Balaban J connectivity index is 1.61. The van der Waals surface area contributed by atoms with Gasteiger partial charge in [-0.3, -0.25) is 0 Å². The number of nitrogens with zero attached hydrogens (tertiary/aromatic N) is 1. The van der Waals surface area contributed by atoms with Crippen molar-refractivity contribution >= 4 is 16.7 Å². The Bertz CT molecular complexity index is 530. The van der Waals surface area contributed by atoms with Crippen LogP contribution in [-0.4, -0.2) is 9.97 Å². The van der Waals surface area contributed by atoms with Gasteiger partial charge >= 0.3 is 0 Å². The van der Waals surface area contributed by atoms with Crippen molar-refractivity contribution in [2.75, 3.05) is 5.73 Å². The van der Waals surface area contributed by atoms with Crippen molar-refractivity contribution < 1.29 is 0 Å². The smallest absolute Gasteiger partial charge is 0.111 e. The lowest BCUT2D eigenvalue weighted by molar-refractivity contribution is 0.562. The van der Waals surface area contributed by atoms with Gasteiger partial charge in [-0.1, -0.05) is 64.4 Å². The Morgan fingerprint density at radius 1 is 0.952 bits per heavy atom. The van der Waals surface area contributed by atoms with Crippen LogP contribution < -0.4 is 5.73 Å². The number of imidazole rings is 1. The highest BCUT2D eigenvalue weighted by atomic mass is 14.9. The number of rotatable bonds is 10. The number of hydrogen-bond acceptors (Lipinski definition) is 2. The molecule has 0 bridgehead atoms. The topological polar surface area (TPSA) is 54.7 Å². The maximum atomic E-state index is 5.93. The first-order valence-electron chi connectivity index (χ1n) is 8.54. The number of hydrogen-bond donors (Lipinski definition) is 2. The molecule has 21 heavy (non-hydrogen) atoms. The number of benzene rings is 1. The van der Waals surface area contributed by atoms with Crippen molar-refractivity contribution in [3.8, 4) is 0 Å². The molecule has 3 nitrogen and oxygen atoms in total. The molecule has 0 unspecified atom stereocenters. The number of aromatic nitrogens is 2. The fourth-order valence-electron chi connectivity index (χ4n) is 2.83. The lowest BCUT2D eigenvalue weighted by Crippen LogP contribution is -1.89. The van der Waals surface area contributed by atoms with E-state index in [1.54, 1.807) is 0 Å². The molecule has 0 aliphatic heterocycles. The van der Waals surface area contributed by atoms with Gasteiger partial charge in [0.05, 0.1) is 11.2 Å². The number of unbranched alkanes of at least 4 members (excludes halogenated alkanes) is 8. The molecule has 0 atom stereocenters. The molecule has 0 fully saturated rings. The molecule has 0 aliphatic carbocycles. The van der Waals surface area contributed by atoms with Crippen LogP contribution in [0.15, 0.2) is 18.2 Å². The number of nitrogens with one attached hydrogen (secondary N) is 1. The zero-order valence-corrected chi connectivity index (χ0v) is 13.3. The first-order chi connectivity index (χ1) is 10.3. The van der Waals surface area contributed by atoms with Gasteiger partial charge < -0.3 is 10.7 Å². The third kappa shape index (κ3) is 5.07. The summed E-state index contributed by atoms with van der Waals surface area (Å²) in [6.07, 6.45) is 13.3. The molecule has 1 aromatic heterocycles. The number of aryl methyl sites for hydroxylation is 1. The third-order valence-corrected chi connectivity index (χ3v) is 4.11. The fraction of sp³-hybridized carbons (Fsp3) is 0.611. The zero-order chi connectivity index (χ0) is 14.9. The van der Waals surface area contributed by atoms with E-state index in [0.717, 1.165) is 29.0 Å². The standard InChI is InChI=1S/C18H29N3/c1-2-3-4-5-6-7-8-9-10-14-17-20-16-13-11-12-15(19)18(16)21-17/h11-13H,2-10,14,19H2,1H3,(H,20,21). The van der Waals surface area contributed by atoms with Crippen LogP contribution in [-0.2, 0) is 6.42 Å². The van der Waals surface area contributed by atoms with E-state index in [9.17, 15) is 0 Å². The summed E-state index contributed by atoms with van der Waals surface area (Å²) in [5.74, 6) is 1.07. The number of nitrogen functional groups attached to an aromatic ring is 1. The number of anilines is 1. The monoisotopic (exact) mass is 287 g/mol. The molecule has 0 aliphatic rings. The van der Waals surface area contributed by atoms with Crippen molar-refractivity contribution in [3.63, 3.8) is 0 Å². The highest BCUT2D eigenvalue weighted by Gasteiger charge is 2.04. The lowest BCUT2D eigenvalue weighted by Gasteiger charge is -2.01. The molecule has 0 radical (unpaired) electrons. The Kier molecular flexibility index (Phi) is 6.58. The van der Waals surface area contributed by atoms with Crippen LogP contribution in [0.1, 0.15) is 70.5 Å². The van der Waals surface area contributed by atoms with E-state index >= 15 is 0 Å². The fourth-order valence-corrected chi connectivity index (χ4v) is 2.83. The minimum absolute atomic E-state index is 0.766. The van der Waals surface area contributed by atoms with Crippen molar-refractivity contribution in [3.05, 3.63) is 24.0 Å². The Labute approximate surface area is 128 Å². The van der Waals surface area contributed by atoms with Crippen LogP contribution in [0.3, 0.4) is 0 Å². The van der Waals surface area contributed by atoms with Gasteiger partial charge in [0.15, 0.2) is 0 Å². The summed E-state index contributed by atoms with van der Waals surface area (Å²) in [4.78, 5) is 7.97. The van der Waals surface area contributed by atoms with E-state index in [4.69, 9.17) is 5.73 Å². The Morgan fingerprint density at radius 2 is 1.62 bits per heavy atom. The molecule has 3 N–H and O–H groups in total. The minimum Gasteiger partial charge on any atom is -0.397 e. The lowest BCUT2D eigenvalue weighted by atomic mass is 10.1. The number of H-pyrrole nitrogens is 1. The van der Waals surface area contributed by atoms with E-state index in [1.165, 1.54) is 57.8 Å². The highest BCUT2D eigenvalue weighted by Crippen LogP contribution is 2.19. The van der Waals surface area contributed by atoms with Crippen LogP contribution in [0.5, 0.6) is 0 Å². The van der Waals surface area contributed by atoms with Crippen LogP contribution in [0.4, 0.5) is 5.69 Å². The molecule has 116 valence electrons. The van der Waals surface area contributed by atoms with Crippen LogP contribution in [0, 0.1) is 0 Å². The molecule has 2 aromatic rings. The normalized spacial score (nSPS) is 11.3. The number of nitrogens with two attached hydrogens (primary N) is 1. The summed E-state index contributed by atoms with van der Waals surface area (Å²) < 4.78 is 0. The van der Waals surface area contributed by atoms with Gasteiger partial charge in [0.2, 0.25) is 0 Å². The first kappa shape index (κ1) is 15.9. The van der Waals surface area contributed by atoms with Crippen LogP contribution >= 0.6 is 0 Å². The third-order valence-electron chi connectivity index (χ3n) is 4.11. The quantitative estimate of drug-likeness (QED) is 0.465. The summed E-state index contributed by atoms with van der Waals surface area (Å²) in [6, 6.07) is 5.92. The average molecular weight is 287 g/mol. The van der Waals surface area contributed by atoms with Crippen molar-refractivity contribution in [1.82, 2.24) is 9.97 Å². The highest BCUT2D eigenvalue weighted by molar-refractivity contribution is 5.86. The van der Waals surface area contributed by atoms with Gasteiger partial charge in [-0.05, 0) is 18.6 Å². The maximum absolute atomic E-state index is 5.93. The molecule has 0 amide bonds. The van der Waals surface area contributed by atoms with Crippen molar-refractivity contribution in [1.29, 1.82) is 0 Å². The SMILES string of the molecule is CCCCCCCCCCCc1nc2c(N)cccc2[nH]1. The first-order valence-corrected chi connectivity index (χ1v) is 8.54. The molecular weight excluding hydrogens is 258 g/mol. The van der Waals surface area contributed by atoms with Crippen LogP contribution in [0.2, 0.25) is 0 Å². The molecule has 2 rings (SSSR count). The van der Waals surface area contributed by atoms with Gasteiger partial charge in [-0.25, -0.2) is 4.98 Å². The molecule has 0 saturated carbocycles. The summed E-state index contributed by atoms with van der Waals surface area (Å²) in [5, 5.41) is 0. The molecule has 1 heterocycles. The molecule has 3 heteroatoms. The van der Waals surface area contributed by atoms with Crippen LogP contribution in [0.25, 0.3) is 11.0 Å². The predicted molar refractivity (Wildman–Crippen MR) is 91.4 cm³/mol. The van der Waals surface area contributed by atoms with Gasteiger partial charge in [-0.15, -0.1) is 0 Å².